The predicted molar refractivity (Wildman–Crippen MR) is 11.5 cm³/mol. The first-order valence-corrected chi connectivity index (χ1v) is 0.548. The third-order valence-corrected chi connectivity index (χ3v) is 0. The van der Waals surface area contributed by atoms with Crippen molar-refractivity contribution in [2.24, 2.45) is 0 Å². The molecule has 4 nitrogen and oxygen atoms in total. The summed E-state index contributed by atoms with van der Waals surface area (Å²) in [7, 11) is 0. The SMILES string of the molecule is O=[N+]([O-])[O-].[Co].[H-].[Na+]. The second-order valence-corrected chi connectivity index (χ2v) is 0.224. The molecule has 0 fully saturated rings. The van der Waals surface area contributed by atoms with Gasteiger partial charge in [0.1, 0.15) is 0 Å². The molecule has 0 saturated heterocycles. The van der Waals surface area contributed by atoms with Gasteiger partial charge >= 0.3 is 29.6 Å². The summed E-state index contributed by atoms with van der Waals surface area (Å²) in [6, 6.07) is 0. The molecule has 0 rings (SSSR count). The average Bonchev–Trinajstić information content (AvgIpc) is 0.811. The first-order chi connectivity index (χ1) is 1.73. The molecule has 35 valence electrons. The second-order valence-electron chi connectivity index (χ2n) is 0.224. The molecule has 6 heavy (non-hydrogen) atoms. The van der Waals surface area contributed by atoms with E-state index in [2.05, 4.69) is 0 Å². The molecule has 0 amide bonds. The predicted octanol–water partition coefficient (Wildman–Crippen LogP) is -3.13. The van der Waals surface area contributed by atoms with Crippen LogP contribution in [0.3, 0.4) is 0 Å². The Hall–Kier alpha value is 0.706. The van der Waals surface area contributed by atoms with Crippen molar-refractivity contribution >= 4 is 0 Å². The Labute approximate surface area is 68.0 Å². The average molecular weight is 145 g/mol. The summed E-state index contributed by atoms with van der Waals surface area (Å²) in [5.41, 5.74) is 0. The van der Waals surface area contributed by atoms with E-state index in [1.54, 1.807) is 0 Å². The Morgan fingerprint density at radius 2 is 1.50 bits per heavy atom. The van der Waals surface area contributed by atoms with E-state index in [1.807, 2.05) is 0 Å². The fourth-order valence-corrected chi connectivity index (χ4v) is 0. The molecule has 0 aromatic heterocycles. The van der Waals surface area contributed by atoms with Crippen molar-refractivity contribution in [3.8, 4) is 0 Å². The van der Waals surface area contributed by atoms with E-state index >= 15 is 0 Å². The normalized spacial score (nSPS) is 4.00. The molecule has 0 saturated carbocycles. The maximum atomic E-state index is 8.25. The van der Waals surface area contributed by atoms with E-state index in [4.69, 9.17) is 15.3 Å². The van der Waals surface area contributed by atoms with Gasteiger partial charge in [0.2, 0.25) is 0 Å². The number of rotatable bonds is 0. The number of hydrogen-bond donors (Lipinski definition) is 0. The smallest absolute Gasteiger partial charge is 1.00 e. The van der Waals surface area contributed by atoms with E-state index in [-0.39, 0.29) is 47.8 Å². The van der Waals surface area contributed by atoms with Gasteiger partial charge in [-0.3, -0.25) is 0 Å². The van der Waals surface area contributed by atoms with E-state index in [0.717, 1.165) is 0 Å². The van der Waals surface area contributed by atoms with Crippen LogP contribution < -0.4 is 29.6 Å². The van der Waals surface area contributed by atoms with E-state index in [9.17, 15) is 0 Å². The van der Waals surface area contributed by atoms with Gasteiger partial charge in [-0.15, -0.1) is 0 Å². The zero-order chi connectivity index (χ0) is 3.58. The number of nitrogens with zero attached hydrogens (tertiary/aromatic N) is 1. The largest absolute Gasteiger partial charge is 1.00 e. The maximum Gasteiger partial charge on any atom is 1.00 e. The summed E-state index contributed by atoms with van der Waals surface area (Å²) in [5, 5.41) is 14.8. The minimum Gasteiger partial charge on any atom is -1.00 e. The fraction of sp³-hybridized carbons (Fsp3) is 0. The van der Waals surface area contributed by atoms with Gasteiger partial charge in [-0.25, -0.2) is 0 Å². The molecular formula is HCoNNaO3-. The Bertz CT molecular complexity index is 37.9. The molecule has 0 aromatic carbocycles. The molecule has 0 N–H and O–H groups in total. The van der Waals surface area contributed by atoms with Crippen LogP contribution in [0.25, 0.3) is 0 Å². The Balaban J connectivity index is -0.0000000150. The van der Waals surface area contributed by atoms with Crippen molar-refractivity contribution in [1.29, 1.82) is 0 Å². The molecule has 0 atom stereocenters. The molecule has 0 aliphatic rings. The van der Waals surface area contributed by atoms with Crippen molar-refractivity contribution in [2.45, 2.75) is 0 Å². The Morgan fingerprint density at radius 1 is 1.50 bits per heavy atom. The van der Waals surface area contributed by atoms with Crippen LogP contribution in [0.1, 0.15) is 1.43 Å². The summed E-state index contributed by atoms with van der Waals surface area (Å²) in [6.07, 6.45) is 0. The van der Waals surface area contributed by atoms with E-state index < -0.39 is 5.09 Å². The zero-order valence-electron chi connectivity index (χ0n) is 4.01. The monoisotopic (exact) mass is 145 g/mol. The van der Waals surface area contributed by atoms with Gasteiger partial charge in [-0.05, 0) is 0 Å². The van der Waals surface area contributed by atoms with Crippen LogP contribution in [-0.4, -0.2) is 5.09 Å². The Morgan fingerprint density at radius 3 is 1.50 bits per heavy atom. The zero-order valence-corrected chi connectivity index (χ0v) is 6.05. The van der Waals surface area contributed by atoms with Crippen LogP contribution in [0.2, 0.25) is 0 Å². The second kappa shape index (κ2) is 9.20. The van der Waals surface area contributed by atoms with Crippen LogP contribution in [-0.2, 0) is 16.8 Å². The van der Waals surface area contributed by atoms with Crippen molar-refractivity contribution in [2.75, 3.05) is 0 Å². The Kier molecular flexibility index (Phi) is 24.4. The summed E-state index contributed by atoms with van der Waals surface area (Å²) in [5.74, 6) is 0. The molecule has 0 unspecified atom stereocenters. The van der Waals surface area contributed by atoms with Crippen LogP contribution in [0.5, 0.6) is 0 Å². The minimum atomic E-state index is -1.75. The van der Waals surface area contributed by atoms with E-state index in [1.165, 1.54) is 0 Å². The van der Waals surface area contributed by atoms with Gasteiger partial charge in [-0.2, -0.15) is 0 Å². The number of hydrogen-bond acceptors (Lipinski definition) is 3. The molecule has 0 heterocycles. The topological polar surface area (TPSA) is 66.2 Å². The van der Waals surface area contributed by atoms with Gasteiger partial charge in [0.25, 0.3) is 0 Å². The van der Waals surface area contributed by atoms with Crippen LogP contribution >= 0.6 is 0 Å². The molecular weight excluding hydrogens is 144 g/mol. The summed E-state index contributed by atoms with van der Waals surface area (Å²) in [4.78, 5) is 8.25. The molecule has 6 heteroatoms. The minimum absolute atomic E-state index is 0. The van der Waals surface area contributed by atoms with Crippen molar-refractivity contribution < 1.29 is 52.8 Å². The van der Waals surface area contributed by atoms with Crippen LogP contribution in [0, 0.1) is 15.3 Å². The van der Waals surface area contributed by atoms with Gasteiger partial charge in [-0.1, -0.05) is 0 Å². The van der Waals surface area contributed by atoms with Gasteiger partial charge in [0, 0.05) is 16.8 Å². The standard InChI is InChI=1S/Co.NO3.Na.H/c;2-1(3)4;;/q;-1;+1;-1. The van der Waals surface area contributed by atoms with Crippen molar-refractivity contribution in [3.63, 3.8) is 0 Å². The molecule has 0 aliphatic carbocycles. The van der Waals surface area contributed by atoms with Gasteiger partial charge in [0.05, 0.1) is 5.09 Å². The van der Waals surface area contributed by atoms with Crippen molar-refractivity contribution in [1.82, 2.24) is 0 Å². The summed E-state index contributed by atoms with van der Waals surface area (Å²) >= 11 is 0. The third-order valence-electron chi connectivity index (χ3n) is 0. The molecule has 1 radical (unpaired) electrons. The third kappa shape index (κ3) is 130. The van der Waals surface area contributed by atoms with Gasteiger partial charge < -0.3 is 16.7 Å². The van der Waals surface area contributed by atoms with Crippen LogP contribution in [0.4, 0.5) is 0 Å². The van der Waals surface area contributed by atoms with Crippen LogP contribution in [0.15, 0.2) is 0 Å². The molecule has 0 spiro atoms. The molecule has 0 aromatic rings. The quantitative estimate of drug-likeness (QED) is 0.205. The first-order valence-electron chi connectivity index (χ1n) is 0.548. The van der Waals surface area contributed by atoms with Gasteiger partial charge in [0.15, 0.2) is 0 Å². The van der Waals surface area contributed by atoms with E-state index in [0.29, 0.717) is 0 Å². The van der Waals surface area contributed by atoms with Crippen molar-refractivity contribution in [3.05, 3.63) is 15.3 Å². The first kappa shape index (κ1) is 15.9. The molecule has 0 aliphatic heterocycles. The molecule has 0 bridgehead atoms. The summed E-state index contributed by atoms with van der Waals surface area (Å²) < 4.78 is 0. The fourth-order valence-electron chi connectivity index (χ4n) is 0. The summed E-state index contributed by atoms with van der Waals surface area (Å²) in [6.45, 7) is 0. The maximum absolute atomic E-state index is 8.25.